The fourth-order valence-electron chi connectivity index (χ4n) is 3.22. The summed E-state index contributed by atoms with van der Waals surface area (Å²) < 4.78 is 41.6. The Hall–Kier alpha value is -2.60. The first kappa shape index (κ1) is 19.7. The molecule has 1 aromatic heterocycles. The van der Waals surface area contributed by atoms with E-state index in [1.165, 1.54) is 18.0 Å². The third-order valence-electron chi connectivity index (χ3n) is 4.47. The first-order valence-corrected chi connectivity index (χ1v) is 11.1. The molecule has 0 fully saturated rings. The predicted octanol–water partition coefficient (Wildman–Crippen LogP) is 2.66. The quantitative estimate of drug-likeness (QED) is 0.622. The van der Waals surface area contributed by atoms with Crippen molar-refractivity contribution >= 4 is 27.8 Å². The maximum atomic E-state index is 14.8. The number of primary sulfonamides is 1. The van der Waals surface area contributed by atoms with Crippen molar-refractivity contribution in [2.75, 3.05) is 5.32 Å². The van der Waals surface area contributed by atoms with Gasteiger partial charge in [-0.05, 0) is 43.2 Å². The van der Waals surface area contributed by atoms with Crippen molar-refractivity contribution in [1.82, 2.24) is 19.6 Å². The highest BCUT2D eigenvalue weighted by molar-refractivity contribution is 8.00. The van der Waals surface area contributed by atoms with Gasteiger partial charge in [0.05, 0.1) is 11.4 Å². The molecule has 0 amide bonds. The number of allylic oxidation sites excluding steroid dienone is 1. The molecule has 1 unspecified atom stereocenters. The molecule has 152 valence electrons. The zero-order chi connectivity index (χ0) is 20.6. The number of benzene rings is 1. The summed E-state index contributed by atoms with van der Waals surface area (Å²) in [6.45, 7) is 1.86. The number of halogens is 1. The van der Waals surface area contributed by atoms with Crippen LogP contribution in [0.2, 0.25) is 0 Å². The van der Waals surface area contributed by atoms with Crippen LogP contribution >= 0.6 is 11.9 Å². The SMILES string of the molecule is Cc1cc(NC2(N3NC=CS3)C=CC(S(N)(=O)=O)=C(F)C2)n(-c2ccccc2)n1. The molecule has 4 rings (SSSR count). The van der Waals surface area contributed by atoms with Crippen molar-refractivity contribution in [2.24, 2.45) is 5.14 Å². The normalized spacial score (nSPS) is 22.2. The molecule has 4 N–H and O–H groups in total. The summed E-state index contributed by atoms with van der Waals surface area (Å²) in [7, 11) is -4.16. The number of nitrogens with two attached hydrogens (primary N) is 1. The fraction of sp³-hybridized carbons (Fsp3) is 0.167. The van der Waals surface area contributed by atoms with E-state index in [4.69, 9.17) is 5.14 Å². The number of hydrazine groups is 1. The topological polar surface area (TPSA) is 105 Å². The van der Waals surface area contributed by atoms with Crippen molar-refractivity contribution < 1.29 is 12.8 Å². The van der Waals surface area contributed by atoms with Gasteiger partial charge in [-0.1, -0.05) is 18.2 Å². The number of para-hydroxylation sites is 1. The molecule has 1 aliphatic heterocycles. The van der Waals surface area contributed by atoms with Gasteiger partial charge < -0.3 is 10.7 Å². The van der Waals surface area contributed by atoms with Gasteiger partial charge in [-0.25, -0.2) is 22.6 Å². The molecule has 0 radical (unpaired) electrons. The molecule has 0 saturated heterocycles. The molecule has 0 saturated carbocycles. The van der Waals surface area contributed by atoms with E-state index in [1.807, 2.05) is 43.3 Å². The molecule has 8 nitrogen and oxygen atoms in total. The van der Waals surface area contributed by atoms with Gasteiger partial charge in [-0.2, -0.15) is 5.10 Å². The number of hydrogen-bond donors (Lipinski definition) is 3. The smallest absolute Gasteiger partial charge is 0.240 e. The van der Waals surface area contributed by atoms with Crippen LogP contribution in [0, 0.1) is 6.92 Å². The van der Waals surface area contributed by atoms with Crippen LogP contribution in [0.15, 0.2) is 70.9 Å². The molecule has 1 aliphatic carbocycles. The van der Waals surface area contributed by atoms with Gasteiger partial charge in [0, 0.05) is 24.1 Å². The van der Waals surface area contributed by atoms with E-state index in [1.54, 1.807) is 26.8 Å². The summed E-state index contributed by atoms with van der Waals surface area (Å²) in [6.07, 6.45) is 4.23. The van der Waals surface area contributed by atoms with Gasteiger partial charge in [0.2, 0.25) is 10.0 Å². The van der Waals surface area contributed by atoms with Gasteiger partial charge in [-0.3, -0.25) is 0 Å². The van der Waals surface area contributed by atoms with Crippen molar-refractivity contribution in [1.29, 1.82) is 0 Å². The third kappa shape index (κ3) is 3.81. The Labute approximate surface area is 172 Å². The zero-order valence-electron chi connectivity index (χ0n) is 15.4. The average Bonchev–Trinajstić information content (AvgIpc) is 3.32. The van der Waals surface area contributed by atoms with Crippen LogP contribution in [0.4, 0.5) is 10.2 Å². The van der Waals surface area contributed by atoms with Crippen LogP contribution in [0.25, 0.3) is 5.69 Å². The number of aryl methyl sites for hydroxylation is 1. The Bertz CT molecular complexity index is 1120. The largest absolute Gasteiger partial charge is 0.346 e. The summed E-state index contributed by atoms with van der Waals surface area (Å²) in [5, 5.41) is 14.8. The number of rotatable bonds is 5. The third-order valence-corrected chi connectivity index (χ3v) is 6.34. The Morgan fingerprint density at radius 2 is 2.10 bits per heavy atom. The van der Waals surface area contributed by atoms with Crippen LogP contribution in [0.1, 0.15) is 12.1 Å². The Morgan fingerprint density at radius 1 is 1.34 bits per heavy atom. The second-order valence-electron chi connectivity index (χ2n) is 6.62. The number of hydrogen-bond acceptors (Lipinski definition) is 7. The van der Waals surface area contributed by atoms with Gasteiger partial charge in [0.15, 0.2) is 0 Å². The molecule has 0 spiro atoms. The highest BCUT2D eigenvalue weighted by Gasteiger charge is 2.42. The van der Waals surface area contributed by atoms with E-state index in [0.717, 1.165) is 11.4 Å². The summed E-state index contributed by atoms with van der Waals surface area (Å²) in [6, 6.07) is 11.4. The van der Waals surface area contributed by atoms with Crippen molar-refractivity contribution in [3.05, 3.63) is 76.6 Å². The van der Waals surface area contributed by atoms with Crippen LogP contribution < -0.4 is 15.9 Å². The monoisotopic (exact) mass is 434 g/mol. The number of sulfonamides is 1. The van der Waals surface area contributed by atoms with Gasteiger partial charge in [0.1, 0.15) is 22.2 Å². The highest BCUT2D eigenvalue weighted by Crippen LogP contribution is 2.39. The number of anilines is 1. The van der Waals surface area contributed by atoms with Crippen LogP contribution in [-0.4, -0.2) is 28.3 Å². The minimum Gasteiger partial charge on any atom is -0.346 e. The summed E-state index contributed by atoms with van der Waals surface area (Å²) in [4.78, 5) is -0.514. The number of aromatic nitrogens is 2. The van der Waals surface area contributed by atoms with Gasteiger partial charge in [-0.15, -0.1) is 4.41 Å². The minimum absolute atomic E-state index is 0.254. The standard InChI is InChI=1S/C18H19FN6O2S2/c1-13-11-17(24(23-13)14-5-3-2-4-6-14)22-18(25-21-9-10-28-25)8-7-16(15(19)12-18)29(20,26)27/h2-11,21-22H,12H2,1H3,(H2,20,26,27). The zero-order valence-corrected chi connectivity index (χ0v) is 17.0. The molecule has 2 aliphatic rings. The molecule has 29 heavy (non-hydrogen) atoms. The lowest BCUT2D eigenvalue weighted by Gasteiger charge is -2.40. The predicted molar refractivity (Wildman–Crippen MR) is 111 cm³/mol. The van der Waals surface area contributed by atoms with Crippen LogP contribution in [0.3, 0.4) is 0 Å². The maximum absolute atomic E-state index is 14.8. The molecular formula is C18H19FN6O2S2. The molecule has 1 atom stereocenters. The summed E-state index contributed by atoms with van der Waals surface area (Å²) in [5.74, 6) is -0.196. The first-order valence-electron chi connectivity index (χ1n) is 8.68. The lowest BCUT2D eigenvalue weighted by Crippen LogP contribution is -2.54. The summed E-state index contributed by atoms with van der Waals surface area (Å²) >= 11 is 1.31. The number of nitrogens with one attached hydrogen (secondary N) is 2. The molecule has 1 aromatic carbocycles. The van der Waals surface area contributed by atoms with E-state index in [0.29, 0.717) is 5.82 Å². The van der Waals surface area contributed by atoms with Gasteiger partial charge in [0.25, 0.3) is 0 Å². The minimum atomic E-state index is -4.16. The van der Waals surface area contributed by atoms with E-state index in [9.17, 15) is 12.8 Å². The van der Waals surface area contributed by atoms with Crippen LogP contribution in [-0.2, 0) is 10.0 Å². The Balaban J connectivity index is 1.75. The lowest BCUT2D eigenvalue weighted by atomic mass is 10.0. The average molecular weight is 435 g/mol. The molecule has 2 aromatic rings. The van der Waals surface area contributed by atoms with Crippen molar-refractivity contribution in [3.63, 3.8) is 0 Å². The van der Waals surface area contributed by atoms with Gasteiger partial charge >= 0.3 is 0 Å². The Morgan fingerprint density at radius 3 is 2.72 bits per heavy atom. The fourth-order valence-corrected chi connectivity index (χ4v) is 4.58. The van der Waals surface area contributed by atoms with E-state index in [-0.39, 0.29) is 6.42 Å². The molecule has 0 bridgehead atoms. The van der Waals surface area contributed by atoms with E-state index in [2.05, 4.69) is 15.8 Å². The number of nitrogens with zero attached hydrogens (tertiary/aromatic N) is 3. The first-order chi connectivity index (χ1) is 13.8. The van der Waals surface area contributed by atoms with E-state index < -0.39 is 26.4 Å². The molecular weight excluding hydrogens is 415 g/mol. The molecule has 2 heterocycles. The Kier molecular flexibility index (Phi) is 4.99. The maximum Gasteiger partial charge on any atom is 0.240 e. The molecule has 11 heteroatoms. The summed E-state index contributed by atoms with van der Waals surface area (Å²) in [5.41, 5.74) is 3.53. The second-order valence-corrected chi connectivity index (χ2v) is 9.00. The van der Waals surface area contributed by atoms with E-state index >= 15 is 0 Å². The highest BCUT2D eigenvalue weighted by atomic mass is 32.2. The van der Waals surface area contributed by atoms with Crippen LogP contribution in [0.5, 0.6) is 0 Å². The van der Waals surface area contributed by atoms with Crippen molar-refractivity contribution in [3.8, 4) is 5.69 Å². The second kappa shape index (κ2) is 7.34. The van der Waals surface area contributed by atoms with Crippen molar-refractivity contribution in [2.45, 2.75) is 19.0 Å². The lowest BCUT2D eigenvalue weighted by molar-refractivity contribution is 0.241.